The molecule has 2 heteroatoms. The molecular weight excluding hydrogens is 349 g/mol. The minimum atomic E-state index is 0.305. The highest BCUT2D eigenvalue weighted by Gasteiger charge is 2.39. The Morgan fingerprint density at radius 1 is 0.931 bits per heavy atom. The topological polar surface area (TPSA) is 12.9 Å². The fourth-order valence-corrected chi connectivity index (χ4v) is 5.38. The van der Waals surface area contributed by atoms with Crippen molar-refractivity contribution in [3.8, 4) is 22.4 Å². The minimum absolute atomic E-state index is 0.305. The van der Waals surface area contributed by atoms with E-state index in [0.29, 0.717) is 5.31 Å². The van der Waals surface area contributed by atoms with Crippen molar-refractivity contribution in [2.45, 2.75) is 51.3 Å². The number of hydrogen-bond acceptors (Lipinski definition) is 1. The monoisotopic (exact) mass is 381 g/mol. The maximum absolute atomic E-state index is 4.58. The first kappa shape index (κ1) is 19.9. The first-order valence-corrected chi connectivity index (χ1v) is 11.2. The molecule has 1 fully saturated rings. The van der Waals surface area contributed by atoms with Crippen LogP contribution < -0.4 is 0 Å². The first-order valence-electron chi connectivity index (χ1n) is 11.2. The summed E-state index contributed by atoms with van der Waals surface area (Å²) in [5.74, 6) is 1.63. The van der Waals surface area contributed by atoms with Gasteiger partial charge in [0.1, 0.15) is 7.85 Å². The number of aromatic nitrogens is 1. The lowest BCUT2D eigenvalue weighted by atomic mass is 9.49. The zero-order valence-electron chi connectivity index (χ0n) is 18.1. The predicted octanol–water partition coefficient (Wildman–Crippen LogP) is 6.48. The van der Waals surface area contributed by atoms with Crippen LogP contribution in [0.4, 0.5) is 0 Å². The van der Waals surface area contributed by atoms with E-state index in [2.05, 4.69) is 87.3 Å². The summed E-state index contributed by atoms with van der Waals surface area (Å²) in [5, 5.41) is 0.305. The normalized spacial score (nSPS) is 24.3. The summed E-state index contributed by atoms with van der Waals surface area (Å²) < 4.78 is 0. The van der Waals surface area contributed by atoms with Crippen LogP contribution in [0.5, 0.6) is 0 Å². The van der Waals surface area contributed by atoms with Crippen LogP contribution >= 0.6 is 0 Å². The van der Waals surface area contributed by atoms with Crippen LogP contribution in [0, 0.1) is 11.8 Å². The van der Waals surface area contributed by atoms with Gasteiger partial charge in [0, 0.05) is 11.8 Å². The number of pyridine rings is 1. The molecule has 0 N–H and O–H groups in total. The van der Waals surface area contributed by atoms with E-state index in [4.69, 9.17) is 0 Å². The second-order valence-electron chi connectivity index (χ2n) is 9.16. The SMILES string of the molecule is BC1(c2ccc(-c3ccnc(-c4ccccc4)c3)cc2)CC(C)CCC1CCC. The molecule has 1 aromatic heterocycles. The summed E-state index contributed by atoms with van der Waals surface area (Å²) in [6.07, 6.45) is 8.62. The van der Waals surface area contributed by atoms with Gasteiger partial charge in [0.2, 0.25) is 0 Å². The van der Waals surface area contributed by atoms with Gasteiger partial charge in [0.05, 0.1) is 5.69 Å². The standard InChI is InChI=1S/C27H32BN/c1-3-7-24-13-10-20(2)19-27(24,28)25-14-11-21(12-15-25)23-16-17-29-26(18-23)22-8-5-4-6-9-22/h4-6,8-9,11-12,14-18,20,24H,3,7,10,13,19,28H2,1-2H3. The summed E-state index contributed by atoms with van der Waals surface area (Å²) in [6.45, 7) is 4.76. The molecule has 1 aliphatic rings. The fraction of sp³-hybridized carbons (Fsp3) is 0.370. The molecule has 0 amide bonds. The average molecular weight is 381 g/mol. The van der Waals surface area contributed by atoms with Crippen molar-refractivity contribution in [3.05, 3.63) is 78.5 Å². The molecule has 0 aliphatic heterocycles. The molecule has 1 aliphatic carbocycles. The molecule has 29 heavy (non-hydrogen) atoms. The lowest BCUT2D eigenvalue weighted by molar-refractivity contribution is 0.202. The van der Waals surface area contributed by atoms with Crippen molar-refractivity contribution in [1.29, 1.82) is 0 Å². The zero-order chi connectivity index (χ0) is 20.3. The van der Waals surface area contributed by atoms with Gasteiger partial charge in [-0.05, 0) is 52.4 Å². The van der Waals surface area contributed by atoms with Gasteiger partial charge in [-0.2, -0.15) is 0 Å². The van der Waals surface area contributed by atoms with Gasteiger partial charge in [0.15, 0.2) is 0 Å². The maximum atomic E-state index is 4.58. The summed E-state index contributed by atoms with van der Waals surface area (Å²) >= 11 is 0. The van der Waals surface area contributed by atoms with E-state index < -0.39 is 0 Å². The van der Waals surface area contributed by atoms with E-state index in [0.717, 1.165) is 23.1 Å². The van der Waals surface area contributed by atoms with Gasteiger partial charge in [-0.3, -0.25) is 4.98 Å². The van der Waals surface area contributed by atoms with Gasteiger partial charge in [-0.25, -0.2) is 0 Å². The Morgan fingerprint density at radius 3 is 2.41 bits per heavy atom. The molecular formula is C27H32BN. The van der Waals surface area contributed by atoms with E-state index in [-0.39, 0.29) is 0 Å². The quantitative estimate of drug-likeness (QED) is 0.461. The van der Waals surface area contributed by atoms with Crippen LogP contribution in [0.2, 0.25) is 0 Å². The lowest BCUT2D eigenvalue weighted by Crippen LogP contribution is -2.41. The van der Waals surface area contributed by atoms with E-state index in [1.807, 2.05) is 12.3 Å². The van der Waals surface area contributed by atoms with Crippen molar-refractivity contribution in [2.24, 2.45) is 11.8 Å². The Labute approximate surface area is 177 Å². The van der Waals surface area contributed by atoms with E-state index in [1.165, 1.54) is 48.8 Å². The van der Waals surface area contributed by atoms with Crippen molar-refractivity contribution in [1.82, 2.24) is 4.98 Å². The highest BCUT2D eigenvalue weighted by Crippen LogP contribution is 2.46. The lowest BCUT2D eigenvalue weighted by Gasteiger charge is -2.45. The van der Waals surface area contributed by atoms with E-state index in [1.54, 1.807) is 0 Å². The van der Waals surface area contributed by atoms with Crippen molar-refractivity contribution in [2.75, 3.05) is 0 Å². The molecule has 1 saturated carbocycles. The number of benzene rings is 2. The summed E-state index contributed by atoms with van der Waals surface area (Å²) in [5.41, 5.74) is 6.22. The largest absolute Gasteiger partial charge is 0.256 e. The van der Waals surface area contributed by atoms with Crippen molar-refractivity contribution in [3.63, 3.8) is 0 Å². The summed E-state index contributed by atoms with van der Waals surface area (Å²) in [4.78, 5) is 4.58. The molecule has 3 unspecified atom stereocenters. The van der Waals surface area contributed by atoms with Gasteiger partial charge in [0.25, 0.3) is 0 Å². The number of rotatable bonds is 5. The second-order valence-corrected chi connectivity index (χ2v) is 9.16. The Balaban J connectivity index is 1.63. The molecule has 4 rings (SSSR count). The second kappa shape index (κ2) is 8.57. The molecule has 0 spiro atoms. The molecule has 1 nitrogen and oxygen atoms in total. The smallest absolute Gasteiger partial charge is 0.115 e. The Kier molecular flexibility index (Phi) is 5.90. The number of nitrogens with zero attached hydrogens (tertiary/aromatic N) is 1. The summed E-state index contributed by atoms with van der Waals surface area (Å²) in [7, 11) is 2.51. The highest BCUT2D eigenvalue weighted by atomic mass is 14.7. The maximum Gasteiger partial charge on any atom is 0.115 e. The molecule has 0 radical (unpaired) electrons. The van der Waals surface area contributed by atoms with Gasteiger partial charge in [-0.15, -0.1) is 0 Å². The van der Waals surface area contributed by atoms with Gasteiger partial charge in [-0.1, -0.05) is 94.1 Å². The first-order chi connectivity index (χ1) is 14.1. The molecule has 0 bridgehead atoms. The van der Waals surface area contributed by atoms with Crippen LogP contribution in [0.3, 0.4) is 0 Å². The molecule has 1 heterocycles. The molecule has 148 valence electrons. The Bertz CT molecular complexity index is 934. The third-order valence-electron chi connectivity index (χ3n) is 7.03. The van der Waals surface area contributed by atoms with Crippen LogP contribution in [0.1, 0.15) is 51.5 Å². The molecule has 2 aromatic carbocycles. The third kappa shape index (κ3) is 4.17. The Morgan fingerprint density at radius 2 is 1.69 bits per heavy atom. The zero-order valence-corrected chi connectivity index (χ0v) is 18.1. The predicted molar refractivity (Wildman–Crippen MR) is 127 cm³/mol. The third-order valence-corrected chi connectivity index (χ3v) is 7.03. The van der Waals surface area contributed by atoms with E-state index in [9.17, 15) is 0 Å². The van der Waals surface area contributed by atoms with Gasteiger partial charge < -0.3 is 0 Å². The molecule has 3 atom stereocenters. The van der Waals surface area contributed by atoms with E-state index >= 15 is 0 Å². The van der Waals surface area contributed by atoms with Crippen LogP contribution in [0.15, 0.2) is 72.9 Å². The molecule has 3 aromatic rings. The Hall–Kier alpha value is -2.35. The highest BCUT2D eigenvalue weighted by molar-refractivity contribution is 6.16. The summed E-state index contributed by atoms with van der Waals surface area (Å²) in [6, 6.07) is 24.1. The van der Waals surface area contributed by atoms with Crippen LogP contribution in [-0.4, -0.2) is 12.8 Å². The number of hydrogen-bond donors (Lipinski definition) is 0. The minimum Gasteiger partial charge on any atom is -0.256 e. The molecule has 0 saturated heterocycles. The van der Waals surface area contributed by atoms with Gasteiger partial charge >= 0.3 is 0 Å². The van der Waals surface area contributed by atoms with Crippen molar-refractivity contribution >= 4 is 7.85 Å². The van der Waals surface area contributed by atoms with Crippen molar-refractivity contribution < 1.29 is 0 Å². The van der Waals surface area contributed by atoms with Crippen LogP contribution in [0.25, 0.3) is 22.4 Å². The van der Waals surface area contributed by atoms with Crippen LogP contribution in [-0.2, 0) is 5.31 Å². The average Bonchev–Trinajstić information content (AvgIpc) is 2.77. The fourth-order valence-electron chi connectivity index (χ4n) is 5.38.